The van der Waals surface area contributed by atoms with Gasteiger partial charge in [-0.05, 0) is 25.7 Å². The molecule has 7 heteroatoms. The quantitative estimate of drug-likeness (QED) is 0.406. The first-order chi connectivity index (χ1) is 5.79. The first-order valence-corrected chi connectivity index (χ1v) is 5.32. The Morgan fingerprint density at radius 1 is 1.08 bits per heavy atom. The highest BCUT2D eigenvalue weighted by atomic mass is 32.3. The predicted octanol–water partition coefficient (Wildman–Crippen LogP) is -0.404. The van der Waals surface area contributed by atoms with Gasteiger partial charge in [0, 0.05) is 6.04 Å². The van der Waals surface area contributed by atoms with Gasteiger partial charge in [0.2, 0.25) is 0 Å². The molecule has 1 rings (SSSR count). The summed E-state index contributed by atoms with van der Waals surface area (Å²) in [6.45, 7) is 0. The van der Waals surface area contributed by atoms with Crippen molar-refractivity contribution in [3.8, 4) is 0 Å². The lowest BCUT2D eigenvalue weighted by atomic mass is 9.94. The lowest BCUT2D eigenvalue weighted by Gasteiger charge is -2.21. The topological polar surface area (TPSA) is 121 Å². The van der Waals surface area contributed by atoms with Gasteiger partial charge in [-0.3, -0.25) is 9.11 Å². The van der Waals surface area contributed by atoms with Gasteiger partial charge in [0.1, 0.15) is 0 Å². The molecule has 0 aromatic carbocycles. The third-order valence-corrected chi connectivity index (χ3v) is 1.74. The minimum Gasteiger partial charge on any atom is -0.393 e. The van der Waals surface area contributed by atoms with Gasteiger partial charge in [0.15, 0.2) is 0 Å². The second kappa shape index (κ2) is 5.51. The van der Waals surface area contributed by atoms with Crippen molar-refractivity contribution in [2.24, 2.45) is 5.73 Å². The van der Waals surface area contributed by atoms with Crippen LogP contribution in [0.5, 0.6) is 0 Å². The van der Waals surface area contributed by atoms with Crippen LogP contribution in [-0.4, -0.2) is 34.8 Å². The van der Waals surface area contributed by atoms with Crippen LogP contribution in [0.3, 0.4) is 0 Å². The van der Waals surface area contributed by atoms with Crippen molar-refractivity contribution in [2.75, 3.05) is 0 Å². The molecule has 0 aromatic rings. The molecule has 0 radical (unpaired) electrons. The SMILES string of the molecule is NC1CCC(O)CC1.O=S(=O)(O)O. The van der Waals surface area contributed by atoms with E-state index in [1.54, 1.807) is 0 Å². The summed E-state index contributed by atoms with van der Waals surface area (Å²) in [4.78, 5) is 0. The minimum absolute atomic E-state index is 0.0604. The Balaban J connectivity index is 0.000000252. The highest BCUT2D eigenvalue weighted by Crippen LogP contribution is 2.15. The summed E-state index contributed by atoms with van der Waals surface area (Å²) in [5.41, 5.74) is 5.59. The minimum atomic E-state index is -4.67. The summed E-state index contributed by atoms with van der Waals surface area (Å²) in [5.74, 6) is 0. The molecule has 1 fully saturated rings. The van der Waals surface area contributed by atoms with Gasteiger partial charge in [0.05, 0.1) is 6.10 Å². The van der Waals surface area contributed by atoms with Crippen molar-refractivity contribution >= 4 is 10.4 Å². The number of aliphatic hydroxyl groups is 1. The Morgan fingerprint density at radius 3 is 1.62 bits per heavy atom. The Labute approximate surface area is 77.3 Å². The molecule has 0 amide bonds. The Kier molecular flexibility index (Phi) is 5.42. The van der Waals surface area contributed by atoms with Crippen molar-refractivity contribution in [3.05, 3.63) is 0 Å². The third kappa shape index (κ3) is 11.8. The van der Waals surface area contributed by atoms with Crippen molar-refractivity contribution in [1.29, 1.82) is 0 Å². The second-order valence-electron chi connectivity index (χ2n) is 3.02. The standard InChI is InChI=1S/C6H13NO.H2O4S/c7-5-1-3-6(8)4-2-5;1-5(2,3)4/h5-6,8H,1-4,7H2;(H2,1,2,3,4). The van der Waals surface area contributed by atoms with Gasteiger partial charge in [0.25, 0.3) is 0 Å². The van der Waals surface area contributed by atoms with E-state index < -0.39 is 10.4 Å². The van der Waals surface area contributed by atoms with Crippen LogP contribution in [0.4, 0.5) is 0 Å². The third-order valence-electron chi connectivity index (χ3n) is 1.74. The summed E-state index contributed by atoms with van der Waals surface area (Å²) >= 11 is 0. The summed E-state index contributed by atoms with van der Waals surface area (Å²) in [6, 6.07) is 0.360. The van der Waals surface area contributed by atoms with E-state index in [1.807, 2.05) is 0 Å². The number of aliphatic hydroxyl groups excluding tert-OH is 1. The fourth-order valence-electron chi connectivity index (χ4n) is 1.10. The lowest BCUT2D eigenvalue weighted by Crippen LogP contribution is -2.28. The Bertz CT molecular complexity index is 201. The highest BCUT2D eigenvalue weighted by molar-refractivity contribution is 7.79. The van der Waals surface area contributed by atoms with Crippen LogP contribution in [-0.2, 0) is 10.4 Å². The summed E-state index contributed by atoms with van der Waals surface area (Å²) < 4.78 is 31.6. The van der Waals surface area contributed by atoms with Crippen LogP contribution >= 0.6 is 0 Å². The largest absolute Gasteiger partial charge is 0.394 e. The molecule has 0 spiro atoms. The highest BCUT2D eigenvalue weighted by Gasteiger charge is 2.14. The van der Waals surface area contributed by atoms with Gasteiger partial charge in [-0.1, -0.05) is 0 Å². The van der Waals surface area contributed by atoms with Crippen LogP contribution in [0.2, 0.25) is 0 Å². The molecule has 0 atom stereocenters. The molecule has 13 heavy (non-hydrogen) atoms. The second-order valence-corrected chi connectivity index (χ2v) is 3.91. The van der Waals surface area contributed by atoms with Gasteiger partial charge < -0.3 is 10.8 Å². The fraction of sp³-hybridized carbons (Fsp3) is 1.00. The Hall–Kier alpha value is -0.210. The smallest absolute Gasteiger partial charge is 0.393 e. The first kappa shape index (κ1) is 12.8. The fourth-order valence-corrected chi connectivity index (χ4v) is 1.10. The zero-order chi connectivity index (χ0) is 10.5. The molecule has 5 N–H and O–H groups in total. The average molecular weight is 213 g/mol. The molecule has 6 nitrogen and oxygen atoms in total. The molecule has 1 aliphatic rings. The van der Waals surface area contributed by atoms with Gasteiger partial charge >= 0.3 is 10.4 Å². The molecule has 0 saturated heterocycles. The van der Waals surface area contributed by atoms with Crippen molar-refractivity contribution in [1.82, 2.24) is 0 Å². The maximum atomic E-state index is 8.97. The molecule has 0 bridgehead atoms. The molecule has 0 aromatic heterocycles. The van der Waals surface area contributed by atoms with E-state index in [0.29, 0.717) is 6.04 Å². The molecule has 0 aliphatic heterocycles. The number of hydrogen-bond acceptors (Lipinski definition) is 4. The first-order valence-electron chi connectivity index (χ1n) is 3.92. The van der Waals surface area contributed by atoms with Crippen LogP contribution in [0.25, 0.3) is 0 Å². The maximum Gasteiger partial charge on any atom is 0.394 e. The van der Waals surface area contributed by atoms with Gasteiger partial charge in [-0.15, -0.1) is 0 Å². The number of nitrogens with two attached hydrogens (primary N) is 1. The van der Waals surface area contributed by atoms with Crippen LogP contribution < -0.4 is 5.73 Å². The van der Waals surface area contributed by atoms with E-state index >= 15 is 0 Å². The number of hydrogen-bond donors (Lipinski definition) is 4. The molecule has 0 unspecified atom stereocenters. The van der Waals surface area contributed by atoms with Crippen LogP contribution in [0.1, 0.15) is 25.7 Å². The Morgan fingerprint density at radius 2 is 1.38 bits per heavy atom. The maximum absolute atomic E-state index is 8.97. The van der Waals surface area contributed by atoms with Crippen LogP contribution in [0, 0.1) is 0 Å². The van der Waals surface area contributed by atoms with E-state index in [9.17, 15) is 0 Å². The van der Waals surface area contributed by atoms with Crippen molar-refractivity contribution in [2.45, 2.75) is 37.8 Å². The molecular formula is C6H15NO5S. The normalized spacial score (nSPS) is 28.9. The molecular weight excluding hydrogens is 198 g/mol. The van der Waals surface area contributed by atoms with Crippen molar-refractivity contribution in [3.63, 3.8) is 0 Å². The molecule has 80 valence electrons. The lowest BCUT2D eigenvalue weighted by molar-refractivity contribution is 0.123. The van der Waals surface area contributed by atoms with Crippen LogP contribution in [0.15, 0.2) is 0 Å². The monoisotopic (exact) mass is 213 g/mol. The zero-order valence-corrected chi connectivity index (χ0v) is 7.94. The zero-order valence-electron chi connectivity index (χ0n) is 7.13. The van der Waals surface area contributed by atoms with E-state index in [0.717, 1.165) is 25.7 Å². The van der Waals surface area contributed by atoms with E-state index in [2.05, 4.69) is 0 Å². The van der Waals surface area contributed by atoms with E-state index in [1.165, 1.54) is 0 Å². The number of rotatable bonds is 0. The van der Waals surface area contributed by atoms with Gasteiger partial charge in [-0.2, -0.15) is 8.42 Å². The molecule has 1 aliphatic carbocycles. The summed E-state index contributed by atoms with van der Waals surface area (Å²) in [7, 11) is -4.67. The predicted molar refractivity (Wildman–Crippen MR) is 46.6 cm³/mol. The average Bonchev–Trinajstić information content (AvgIpc) is 1.92. The van der Waals surface area contributed by atoms with Gasteiger partial charge in [-0.25, -0.2) is 0 Å². The van der Waals surface area contributed by atoms with E-state index in [4.69, 9.17) is 28.4 Å². The van der Waals surface area contributed by atoms with Crippen molar-refractivity contribution < 1.29 is 22.6 Å². The molecule has 1 saturated carbocycles. The summed E-state index contributed by atoms with van der Waals surface area (Å²) in [5, 5.41) is 8.97. The summed E-state index contributed by atoms with van der Waals surface area (Å²) in [6.07, 6.45) is 3.75. The molecule has 0 heterocycles. The van der Waals surface area contributed by atoms with E-state index in [-0.39, 0.29) is 6.10 Å².